The molecular weight excluding hydrogens is 334 g/mol. The largest absolute Gasteiger partial charge is 0.493 e. The molecular formula is C19H25N3O4. The Morgan fingerprint density at radius 1 is 1.23 bits per heavy atom. The lowest BCUT2D eigenvalue weighted by atomic mass is 9.99. The van der Waals surface area contributed by atoms with Crippen LogP contribution in [0.2, 0.25) is 0 Å². The van der Waals surface area contributed by atoms with E-state index in [1.807, 2.05) is 44.2 Å². The lowest BCUT2D eigenvalue weighted by Crippen LogP contribution is -2.46. The van der Waals surface area contributed by atoms with Gasteiger partial charge in [-0.1, -0.05) is 38.5 Å². The highest BCUT2D eigenvalue weighted by Crippen LogP contribution is 2.20. The maximum absolute atomic E-state index is 12.7. The minimum Gasteiger partial charge on any atom is -0.493 e. The number of amides is 1. The SMILES string of the molecule is CCOC(=O)[C@@H](NC(=O)c1nn(-c2ccccc2)cc1OC)[C@@H](C)CC. The number of hydrogen-bond donors (Lipinski definition) is 1. The van der Waals surface area contributed by atoms with E-state index in [-0.39, 0.29) is 18.2 Å². The molecule has 0 radical (unpaired) electrons. The van der Waals surface area contributed by atoms with Crippen molar-refractivity contribution in [1.82, 2.24) is 15.1 Å². The van der Waals surface area contributed by atoms with Crippen LogP contribution in [-0.4, -0.2) is 41.4 Å². The Morgan fingerprint density at radius 2 is 1.92 bits per heavy atom. The summed E-state index contributed by atoms with van der Waals surface area (Å²) in [4.78, 5) is 24.9. The Morgan fingerprint density at radius 3 is 2.50 bits per heavy atom. The predicted octanol–water partition coefficient (Wildman–Crippen LogP) is 2.59. The lowest BCUT2D eigenvalue weighted by molar-refractivity contribution is -0.146. The van der Waals surface area contributed by atoms with Gasteiger partial charge in [0.15, 0.2) is 11.4 Å². The molecule has 0 aliphatic rings. The number of carbonyl (C=O) groups excluding carboxylic acids is 2. The van der Waals surface area contributed by atoms with Gasteiger partial charge in [0.2, 0.25) is 0 Å². The number of esters is 1. The Labute approximate surface area is 153 Å². The van der Waals surface area contributed by atoms with Crippen molar-refractivity contribution in [1.29, 1.82) is 0 Å². The summed E-state index contributed by atoms with van der Waals surface area (Å²) >= 11 is 0. The zero-order chi connectivity index (χ0) is 19.1. The topological polar surface area (TPSA) is 82.5 Å². The van der Waals surface area contributed by atoms with Crippen molar-refractivity contribution >= 4 is 11.9 Å². The van der Waals surface area contributed by atoms with Crippen molar-refractivity contribution in [2.75, 3.05) is 13.7 Å². The predicted molar refractivity (Wildman–Crippen MR) is 97.5 cm³/mol. The summed E-state index contributed by atoms with van der Waals surface area (Å²) in [7, 11) is 1.47. The average molecular weight is 359 g/mol. The first-order valence-electron chi connectivity index (χ1n) is 8.68. The second-order valence-corrected chi connectivity index (χ2v) is 5.91. The Hall–Kier alpha value is -2.83. The third kappa shape index (κ3) is 4.41. The van der Waals surface area contributed by atoms with E-state index in [2.05, 4.69) is 10.4 Å². The molecule has 0 fully saturated rings. The fourth-order valence-electron chi connectivity index (χ4n) is 2.49. The summed E-state index contributed by atoms with van der Waals surface area (Å²) in [5.74, 6) is -0.662. The number of ether oxygens (including phenoxy) is 2. The first-order chi connectivity index (χ1) is 12.5. The summed E-state index contributed by atoms with van der Waals surface area (Å²) in [6.07, 6.45) is 2.35. The van der Waals surface area contributed by atoms with Gasteiger partial charge in [-0.15, -0.1) is 0 Å². The number of aromatic nitrogens is 2. The maximum atomic E-state index is 12.7. The van der Waals surface area contributed by atoms with E-state index in [0.29, 0.717) is 5.75 Å². The molecule has 0 bridgehead atoms. The highest BCUT2D eigenvalue weighted by Gasteiger charge is 2.29. The molecule has 26 heavy (non-hydrogen) atoms. The van der Waals surface area contributed by atoms with Crippen molar-refractivity contribution in [2.24, 2.45) is 5.92 Å². The van der Waals surface area contributed by atoms with Crippen LogP contribution in [0.3, 0.4) is 0 Å². The number of benzene rings is 1. The van der Waals surface area contributed by atoms with Crippen LogP contribution < -0.4 is 10.1 Å². The summed E-state index contributed by atoms with van der Waals surface area (Å²) in [6.45, 7) is 5.83. The van der Waals surface area contributed by atoms with Crippen LogP contribution in [0.5, 0.6) is 5.75 Å². The Kier molecular flexibility index (Phi) is 6.77. The number of para-hydroxylation sites is 1. The molecule has 7 nitrogen and oxygen atoms in total. The molecule has 1 aromatic carbocycles. The van der Waals surface area contributed by atoms with Gasteiger partial charge >= 0.3 is 5.97 Å². The minimum absolute atomic E-state index is 0.0693. The third-order valence-corrected chi connectivity index (χ3v) is 4.18. The van der Waals surface area contributed by atoms with Gasteiger partial charge in [0.05, 0.1) is 25.6 Å². The van der Waals surface area contributed by atoms with Crippen molar-refractivity contribution in [2.45, 2.75) is 33.2 Å². The molecule has 1 aromatic heterocycles. The number of nitrogens with one attached hydrogen (secondary N) is 1. The minimum atomic E-state index is -0.737. The fourth-order valence-corrected chi connectivity index (χ4v) is 2.49. The van der Waals surface area contributed by atoms with Crippen molar-refractivity contribution in [3.05, 3.63) is 42.2 Å². The van der Waals surface area contributed by atoms with E-state index in [1.165, 1.54) is 7.11 Å². The highest BCUT2D eigenvalue weighted by atomic mass is 16.5. The normalized spacial score (nSPS) is 12.9. The molecule has 0 spiro atoms. The van der Waals surface area contributed by atoms with Crippen LogP contribution in [0.15, 0.2) is 36.5 Å². The fraction of sp³-hybridized carbons (Fsp3) is 0.421. The molecule has 0 saturated carbocycles. The van der Waals surface area contributed by atoms with Crippen LogP contribution in [0.25, 0.3) is 5.69 Å². The number of methoxy groups -OCH3 is 1. The molecule has 1 heterocycles. The molecule has 140 valence electrons. The highest BCUT2D eigenvalue weighted by molar-refractivity contribution is 5.97. The van der Waals surface area contributed by atoms with E-state index < -0.39 is 17.9 Å². The molecule has 2 atom stereocenters. The van der Waals surface area contributed by atoms with Crippen LogP contribution >= 0.6 is 0 Å². The standard InChI is InChI=1S/C19H25N3O4/c1-5-13(3)16(19(24)26-6-2)20-18(23)17-15(25-4)12-22(21-17)14-10-8-7-9-11-14/h7-13,16H,5-6H2,1-4H3,(H,20,23)/t13-,16-/m0/s1. The zero-order valence-corrected chi connectivity index (χ0v) is 15.6. The summed E-state index contributed by atoms with van der Waals surface area (Å²) in [6, 6.07) is 8.66. The average Bonchev–Trinajstić information content (AvgIpc) is 3.10. The van der Waals surface area contributed by atoms with E-state index in [4.69, 9.17) is 9.47 Å². The molecule has 2 rings (SSSR count). The van der Waals surface area contributed by atoms with Gasteiger partial charge in [-0.2, -0.15) is 5.10 Å². The summed E-state index contributed by atoms with van der Waals surface area (Å²) < 4.78 is 11.9. The van der Waals surface area contributed by atoms with E-state index in [1.54, 1.807) is 17.8 Å². The monoisotopic (exact) mass is 359 g/mol. The van der Waals surface area contributed by atoms with Crippen LogP contribution in [0, 0.1) is 5.92 Å². The first-order valence-corrected chi connectivity index (χ1v) is 8.68. The molecule has 0 aliphatic carbocycles. The summed E-state index contributed by atoms with van der Waals surface area (Å²) in [5, 5.41) is 7.06. The number of nitrogens with zero attached hydrogens (tertiary/aromatic N) is 2. The first kappa shape index (κ1) is 19.5. The van der Waals surface area contributed by atoms with Gasteiger partial charge in [-0.25, -0.2) is 9.48 Å². The molecule has 1 amide bonds. The van der Waals surface area contributed by atoms with Gasteiger partial charge < -0.3 is 14.8 Å². The number of rotatable bonds is 8. The second kappa shape index (κ2) is 9.03. The smallest absolute Gasteiger partial charge is 0.328 e. The van der Waals surface area contributed by atoms with Crippen LogP contribution in [-0.2, 0) is 9.53 Å². The molecule has 7 heteroatoms. The quantitative estimate of drug-likeness (QED) is 0.733. The van der Waals surface area contributed by atoms with Gasteiger partial charge in [0.25, 0.3) is 5.91 Å². The molecule has 0 unspecified atom stereocenters. The van der Waals surface area contributed by atoms with Crippen molar-refractivity contribution < 1.29 is 19.1 Å². The molecule has 2 aromatic rings. The second-order valence-electron chi connectivity index (χ2n) is 5.91. The maximum Gasteiger partial charge on any atom is 0.328 e. The summed E-state index contributed by atoms with van der Waals surface area (Å²) in [5.41, 5.74) is 0.919. The van der Waals surface area contributed by atoms with Gasteiger partial charge in [-0.05, 0) is 25.0 Å². The third-order valence-electron chi connectivity index (χ3n) is 4.18. The Balaban J connectivity index is 2.27. The van der Waals surface area contributed by atoms with Gasteiger partial charge in [-0.3, -0.25) is 4.79 Å². The Bertz CT molecular complexity index is 742. The molecule has 1 N–H and O–H groups in total. The van der Waals surface area contributed by atoms with Crippen molar-refractivity contribution in [3.8, 4) is 11.4 Å². The van der Waals surface area contributed by atoms with E-state index in [0.717, 1.165) is 12.1 Å². The van der Waals surface area contributed by atoms with E-state index in [9.17, 15) is 9.59 Å². The molecule has 0 aliphatic heterocycles. The van der Waals surface area contributed by atoms with Gasteiger partial charge in [0.1, 0.15) is 6.04 Å². The van der Waals surface area contributed by atoms with E-state index >= 15 is 0 Å². The van der Waals surface area contributed by atoms with Crippen LogP contribution in [0.4, 0.5) is 0 Å². The number of carbonyl (C=O) groups is 2. The molecule has 0 saturated heterocycles. The van der Waals surface area contributed by atoms with Crippen LogP contribution in [0.1, 0.15) is 37.7 Å². The lowest BCUT2D eigenvalue weighted by Gasteiger charge is -2.22. The number of hydrogen-bond acceptors (Lipinski definition) is 5. The van der Waals surface area contributed by atoms with Gasteiger partial charge in [0, 0.05) is 0 Å². The van der Waals surface area contributed by atoms with Crippen molar-refractivity contribution in [3.63, 3.8) is 0 Å². The zero-order valence-electron chi connectivity index (χ0n) is 15.6.